The van der Waals surface area contributed by atoms with Crippen molar-refractivity contribution in [2.24, 2.45) is 5.41 Å². The molecule has 5 aromatic rings. The Morgan fingerprint density at radius 1 is 0.929 bits per heavy atom. The highest BCUT2D eigenvalue weighted by molar-refractivity contribution is 7.45. The van der Waals surface area contributed by atoms with E-state index in [2.05, 4.69) is 16.0 Å². The molecular formula is C42H48N5O8P. The summed E-state index contributed by atoms with van der Waals surface area (Å²) < 4.78 is 41.7. The molecule has 3 aromatic carbocycles. The van der Waals surface area contributed by atoms with Gasteiger partial charge in [-0.1, -0.05) is 75.4 Å². The van der Waals surface area contributed by atoms with Crippen molar-refractivity contribution in [1.82, 2.24) is 18.9 Å². The summed E-state index contributed by atoms with van der Waals surface area (Å²) in [6, 6.07) is 27.6. The highest BCUT2D eigenvalue weighted by Crippen LogP contribution is 2.50. The van der Waals surface area contributed by atoms with Crippen molar-refractivity contribution in [3.63, 3.8) is 0 Å². The largest absolute Gasteiger partial charge is 0.497 e. The maximum Gasteiger partial charge on any atom is 0.330 e. The fourth-order valence-electron chi connectivity index (χ4n) is 6.65. The Bertz CT molecular complexity index is 2180. The average Bonchev–Trinajstić information content (AvgIpc) is 3.82. The summed E-state index contributed by atoms with van der Waals surface area (Å²) in [4.78, 5) is 32.4. The van der Waals surface area contributed by atoms with Gasteiger partial charge in [0, 0.05) is 24.4 Å². The number of H-pyrrole nitrogens is 1. The van der Waals surface area contributed by atoms with E-state index in [0.717, 1.165) is 22.4 Å². The van der Waals surface area contributed by atoms with Crippen LogP contribution in [0.25, 0.3) is 0 Å². The predicted molar refractivity (Wildman–Crippen MR) is 212 cm³/mol. The van der Waals surface area contributed by atoms with Gasteiger partial charge in [0.15, 0.2) is 0 Å². The van der Waals surface area contributed by atoms with Gasteiger partial charge in [0.2, 0.25) is 0 Å². The molecule has 0 aliphatic carbocycles. The lowest BCUT2D eigenvalue weighted by molar-refractivity contribution is -0.0924. The molecule has 1 aliphatic heterocycles. The second-order valence-electron chi connectivity index (χ2n) is 14.8. The number of aromatic amines is 1. The first-order valence-electron chi connectivity index (χ1n) is 18.3. The van der Waals surface area contributed by atoms with E-state index in [9.17, 15) is 14.9 Å². The summed E-state index contributed by atoms with van der Waals surface area (Å²) in [6.07, 6.45) is 2.61. The van der Waals surface area contributed by atoms with E-state index in [1.165, 1.54) is 10.8 Å². The first-order chi connectivity index (χ1) is 26.9. The quantitative estimate of drug-likeness (QED) is 0.0855. The van der Waals surface area contributed by atoms with Gasteiger partial charge < -0.3 is 28.0 Å². The fraction of sp³-hybridized carbons (Fsp3) is 0.381. The van der Waals surface area contributed by atoms with E-state index in [-0.39, 0.29) is 24.9 Å². The van der Waals surface area contributed by atoms with E-state index in [1.54, 1.807) is 31.8 Å². The first kappa shape index (κ1) is 40.6. The highest BCUT2D eigenvalue weighted by Gasteiger charge is 2.45. The van der Waals surface area contributed by atoms with Gasteiger partial charge in [-0.2, -0.15) is 5.26 Å². The number of hydrogen-bond acceptors (Lipinski definition) is 10. The molecule has 3 heterocycles. The fourth-order valence-corrected chi connectivity index (χ4v) is 8.38. The number of hydrogen-bond donors (Lipinski definition) is 1. The maximum absolute atomic E-state index is 13.2. The molecule has 6 rings (SSSR count). The van der Waals surface area contributed by atoms with Gasteiger partial charge in [0.1, 0.15) is 35.8 Å². The van der Waals surface area contributed by atoms with E-state index in [0.29, 0.717) is 17.1 Å². The van der Waals surface area contributed by atoms with Gasteiger partial charge in [-0.15, -0.1) is 0 Å². The number of rotatable bonds is 15. The minimum Gasteiger partial charge on any atom is -0.497 e. The highest BCUT2D eigenvalue weighted by atomic mass is 31.2. The van der Waals surface area contributed by atoms with Crippen LogP contribution in [-0.4, -0.2) is 58.0 Å². The number of nitrogens with zero attached hydrogens (tertiary/aromatic N) is 4. The van der Waals surface area contributed by atoms with Crippen molar-refractivity contribution in [2.75, 3.05) is 20.8 Å². The minimum absolute atomic E-state index is 0.00176. The third-order valence-electron chi connectivity index (χ3n) is 9.85. The summed E-state index contributed by atoms with van der Waals surface area (Å²) in [5.41, 5.74) is 1.02. The van der Waals surface area contributed by atoms with Crippen molar-refractivity contribution < 1.29 is 28.0 Å². The van der Waals surface area contributed by atoms with Crippen LogP contribution < -0.4 is 20.7 Å². The van der Waals surface area contributed by atoms with Gasteiger partial charge in [-0.05, 0) is 60.2 Å². The number of benzene rings is 3. The third-order valence-corrected chi connectivity index (χ3v) is 11.3. The molecule has 5 atom stereocenters. The molecule has 0 amide bonds. The van der Waals surface area contributed by atoms with E-state index >= 15 is 0 Å². The number of methoxy groups -OCH3 is 2. The van der Waals surface area contributed by atoms with Crippen LogP contribution in [0, 0.1) is 30.6 Å². The summed E-state index contributed by atoms with van der Waals surface area (Å²) >= 11 is 0. The molecule has 13 nitrogen and oxygen atoms in total. The van der Waals surface area contributed by atoms with Crippen molar-refractivity contribution >= 4 is 8.53 Å². The zero-order valence-corrected chi connectivity index (χ0v) is 33.6. The maximum atomic E-state index is 13.2. The summed E-state index contributed by atoms with van der Waals surface area (Å²) in [5, 5.41) is 9.74. The Balaban J connectivity index is 1.44. The Labute approximate surface area is 327 Å². The zero-order valence-electron chi connectivity index (χ0n) is 32.7. The van der Waals surface area contributed by atoms with Crippen LogP contribution in [0.1, 0.15) is 67.8 Å². The lowest BCUT2D eigenvalue weighted by Crippen LogP contribution is -2.38. The number of ether oxygens (including phenoxy) is 4. The van der Waals surface area contributed by atoms with Gasteiger partial charge >= 0.3 is 5.69 Å². The number of aryl methyl sites for hydroxylation is 2. The number of nitriles is 1. The summed E-state index contributed by atoms with van der Waals surface area (Å²) in [5.74, 6) is 1.38. The van der Waals surface area contributed by atoms with Crippen LogP contribution in [-0.2, 0) is 24.1 Å². The lowest BCUT2D eigenvalue weighted by Gasteiger charge is -2.37. The van der Waals surface area contributed by atoms with Crippen molar-refractivity contribution in [3.05, 3.63) is 146 Å². The van der Waals surface area contributed by atoms with Gasteiger partial charge in [0.05, 0.1) is 51.2 Å². The van der Waals surface area contributed by atoms with Gasteiger partial charge in [-0.25, -0.2) is 9.78 Å². The molecule has 2 aromatic heterocycles. The smallest absolute Gasteiger partial charge is 0.330 e. The van der Waals surface area contributed by atoms with Crippen LogP contribution in [0.15, 0.2) is 107 Å². The average molecular weight is 782 g/mol. The van der Waals surface area contributed by atoms with E-state index in [4.69, 9.17) is 28.0 Å². The first-order valence-corrected chi connectivity index (χ1v) is 19.5. The topological polar surface area (TPSA) is 152 Å². The molecule has 1 aliphatic rings. The lowest BCUT2D eigenvalue weighted by atomic mass is 9.80. The minimum atomic E-state index is -1.88. The summed E-state index contributed by atoms with van der Waals surface area (Å²) in [6.45, 7) is 9.54. The molecular weight excluding hydrogens is 733 g/mol. The van der Waals surface area contributed by atoms with Gasteiger partial charge in [0.25, 0.3) is 14.1 Å². The molecule has 5 unspecified atom stereocenters. The van der Waals surface area contributed by atoms with Crippen LogP contribution >= 0.6 is 8.53 Å². The van der Waals surface area contributed by atoms with Crippen LogP contribution in [0.4, 0.5) is 0 Å². The molecule has 1 fully saturated rings. The van der Waals surface area contributed by atoms with Crippen molar-refractivity contribution in [3.8, 4) is 17.6 Å². The van der Waals surface area contributed by atoms with Crippen LogP contribution in [0.5, 0.6) is 11.5 Å². The number of nitrogens with one attached hydrogen (secondary N) is 1. The molecule has 0 radical (unpaired) electrons. The third kappa shape index (κ3) is 8.81. The van der Waals surface area contributed by atoms with Crippen LogP contribution in [0.3, 0.4) is 0 Å². The molecule has 0 saturated carbocycles. The molecule has 294 valence electrons. The predicted octanol–water partition coefficient (Wildman–Crippen LogP) is 7.17. The number of imidazole rings is 1. The number of aromatic nitrogens is 4. The monoisotopic (exact) mass is 781 g/mol. The second kappa shape index (κ2) is 17.4. The van der Waals surface area contributed by atoms with Gasteiger partial charge in [-0.3, -0.25) is 18.7 Å². The molecule has 1 N–H and O–H groups in total. The summed E-state index contributed by atoms with van der Waals surface area (Å²) in [7, 11) is 1.36. The molecule has 14 heteroatoms. The second-order valence-corrected chi connectivity index (χ2v) is 16.1. The van der Waals surface area contributed by atoms with Crippen LogP contribution in [0.2, 0.25) is 0 Å². The zero-order chi connectivity index (χ0) is 40.0. The molecule has 56 heavy (non-hydrogen) atoms. The Kier molecular flexibility index (Phi) is 12.6. The normalized spacial score (nSPS) is 18.3. The standard InChI is InChI=1S/C42H48N5O8P/c1-28-24-47(40(49)45-39(28)48)38-23-35(54-56(46-25-29(2)44-27-46)55-37(21-22-43)41(3,4)5)36(53-38)26-52-42(30-11-9-8-10-12-30,31-13-17-33(50-6)18-14-31)32-15-19-34(51-7)20-16-32/h8-20,24-25,27,35-38H,21,23,26H2,1-7H3,(H,45,48,49). The SMILES string of the molecule is COc1ccc(C(OCC2OC(n3cc(C)c(=O)[nH]c3=O)CC2OP(OC(CC#N)C(C)(C)C)n2cnc(C)c2)(c2ccccc2)c2ccc(OC)cc2)cc1. The van der Waals surface area contributed by atoms with E-state index < -0.39 is 49.9 Å². The molecule has 0 bridgehead atoms. The molecule has 1 saturated heterocycles. The van der Waals surface area contributed by atoms with Crippen molar-refractivity contribution in [1.29, 1.82) is 5.26 Å². The van der Waals surface area contributed by atoms with E-state index in [1.807, 2.05) is 113 Å². The van der Waals surface area contributed by atoms with Crippen molar-refractivity contribution in [2.45, 2.75) is 77.6 Å². The Hall–Kier alpha value is -5.09. The Morgan fingerprint density at radius 3 is 2.07 bits per heavy atom. The Morgan fingerprint density at radius 2 is 1.54 bits per heavy atom. The molecule has 0 spiro atoms.